The third-order valence-electron chi connectivity index (χ3n) is 3.30. The lowest BCUT2D eigenvalue weighted by atomic mass is 9.91. The van der Waals surface area contributed by atoms with E-state index in [1.807, 2.05) is 0 Å². The normalized spacial score (nSPS) is 29.4. The molecule has 1 heteroatoms. The molecule has 1 nitrogen and oxygen atoms in total. The van der Waals surface area contributed by atoms with E-state index in [1.54, 1.807) is 0 Å². The van der Waals surface area contributed by atoms with Crippen molar-refractivity contribution in [3.63, 3.8) is 0 Å². The number of rotatable bonds is 0. The predicted molar refractivity (Wildman–Crippen MR) is 65.8 cm³/mol. The molecule has 3 aliphatic rings. The minimum atomic E-state index is 0.119. The molecule has 1 unspecified atom stereocenters. The Balaban J connectivity index is 2.04. The number of ether oxygens (including phenoxy) is 1. The van der Waals surface area contributed by atoms with Crippen molar-refractivity contribution in [3.8, 4) is 0 Å². The van der Waals surface area contributed by atoms with Gasteiger partial charge in [-0.2, -0.15) is 0 Å². The molecule has 0 aromatic carbocycles. The summed E-state index contributed by atoms with van der Waals surface area (Å²) in [4.78, 5) is 0. The molecule has 0 amide bonds. The molecule has 3 rings (SSSR count). The fourth-order valence-corrected chi connectivity index (χ4v) is 2.29. The summed E-state index contributed by atoms with van der Waals surface area (Å²) in [5, 5.41) is 0. The Morgan fingerprint density at radius 3 is 2.94 bits per heavy atom. The summed E-state index contributed by atoms with van der Waals surface area (Å²) in [6.07, 6.45) is 16.5. The van der Waals surface area contributed by atoms with Crippen LogP contribution in [0.5, 0.6) is 0 Å². The first-order chi connectivity index (χ1) is 7.66. The van der Waals surface area contributed by atoms with Crippen LogP contribution < -0.4 is 0 Å². The summed E-state index contributed by atoms with van der Waals surface area (Å²) in [6, 6.07) is 0. The molecule has 82 valence electrons. The van der Waals surface area contributed by atoms with Gasteiger partial charge < -0.3 is 4.74 Å². The van der Waals surface area contributed by atoms with Crippen LogP contribution in [0.2, 0.25) is 0 Å². The zero-order valence-corrected chi connectivity index (χ0v) is 9.73. The minimum absolute atomic E-state index is 0.119. The Morgan fingerprint density at radius 1 is 1.25 bits per heavy atom. The lowest BCUT2D eigenvalue weighted by molar-refractivity contribution is 0.177. The Bertz CT molecular complexity index is 470. The molecule has 2 aliphatic carbocycles. The monoisotopic (exact) mass is 212 g/mol. The van der Waals surface area contributed by atoms with Crippen molar-refractivity contribution in [1.29, 1.82) is 0 Å². The van der Waals surface area contributed by atoms with Crippen molar-refractivity contribution in [3.05, 3.63) is 59.4 Å². The van der Waals surface area contributed by atoms with Gasteiger partial charge in [-0.05, 0) is 6.08 Å². The van der Waals surface area contributed by atoms with Gasteiger partial charge in [-0.1, -0.05) is 50.3 Å². The largest absolute Gasteiger partial charge is 0.485 e. The van der Waals surface area contributed by atoms with Gasteiger partial charge in [0, 0.05) is 23.0 Å². The minimum Gasteiger partial charge on any atom is -0.485 e. The molecule has 16 heavy (non-hydrogen) atoms. The van der Waals surface area contributed by atoms with Crippen molar-refractivity contribution < 1.29 is 4.74 Å². The molecule has 0 spiro atoms. The molecule has 0 aromatic rings. The summed E-state index contributed by atoms with van der Waals surface area (Å²) in [7, 11) is 0. The van der Waals surface area contributed by atoms with Gasteiger partial charge in [0.25, 0.3) is 0 Å². The third kappa shape index (κ3) is 1.47. The number of hydrogen-bond acceptors (Lipinski definition) is 1. The van der Waals surface area contributed by atoms with Gasteiger partial charge in [-0.15, -0.1) is 0 Å². The lowest BCUT2D eigenvalue weighted by Gasteiger charge is -2.16. The van der Waals surface area contributed by atoms with Crippen LogP contribution in [0.15, 0.2) is 59.4 Å². The molecular weight excluding hydrogens is 196 g/mol. The molecule has 0 aromatic heterocycles. The van der Waals surface area contributed by atoms with E-state index in [1.165, 1.54) is 11.1 Å². The van der Waals surface area contributed by atoms with Gasteiger partial charge in [-0.25, -0.2) is 0 Å². The van der Waals surface area contributed by atoms with E-state index in [4.69, 9.17) is 4.74 Å². The Hall–Kier alpha value is -1.50. The maximum atomic E-state index is 5.96. The zero-order valence-electron chi connectivity index (χ0n) is 9.73. The van der Waals surface area contributed by atoms with E-state index in [0.29, 0.717) is 0 Å². The fraction of sp³-hybridized carbons (Fsp3) is 0.333. The molecule has 1 atom stereocenters. The second-order valence-corrected chi connectivity index (χ2v) is 5.16. The van der Waals surface area contributed by atoms with E-state index in [9.17, 15) is 0 Å². The Morgan fingerprint density at radius 2 is 2.06 bits per heavy atom. The molecule has 1 heterocycles. The van der Waals surface area contributed by atoms with Crippen molar-refractivity contribution in [1.82, 2.24) is 0 Å². The second-order valence-electron chi connectivity index (χ2n) is 5.16. The summed E-state index contributed by atoms with van der Waals surface area (Å²) in [6.45, 7) is 4.41. The van der Waals surface area contributed by atoms with Crippen LogP contribution in [0.3, 0.4) is 0 Å². The highest BCUT2D eigenvalue weighted by molar-refractivity contribution is 5.54. The van der Waals surface area contributed by atoms with Gasteiger partial charge in [0.15, 0.2) is 0 Å². The molecule has 1 aliphatic heterocycles. The van der Waals surface area contributed by atoms with E-state index in [2.05, 4.69) is 56.4 Å². The van der Waals surface area contributed by atoms with Crippen LogP contribution in [0.4, 0.5) is 0 Å². The lowest BCUT2D eigenvalue weighted by Crippen LogP contribution is -2.10. The fourth-order valence-electron chi connectivity index (χ4n) is 2.29. The molecule has 0 radical (unpaired) electrons. The first kappa shape index (κ1) is 9.71. The quantitative estimate of drug-likeness (QED) is 0.595. The number of allylic oxidation sites excluding steroid dienone is 6. The molecule has 0 N–H and O–H groups in total. The van der Waals surface area contributed by atoms with Crippen LogP contribution >= 0.6 is 0 Å². The predicted octanol–water partition coefficient (Wildman–Crippen LogP) is 3.68. The average Bonchev–Trinajstić information content (AvgIpc) is 2.54. The van der Waals surface area contributed by atoms with Crippen molar-refractivity contribution in [2.45, 2.75) is 26.4 Å². The van der Waals surface area contributed by atoms with Gasteiger partial charge in [0.1, 0.15) is 11.9 Å². The van der Waals surface area contributed by atoms with Crippen LogP contribution in [-0.4, -0.2) is 6.10 Å². The van der Waals surface area contributed by atoms with Gasteiger partial charge in [-0.3, -0.25) is 0 Å². The standard InChI is InChI=1S/C15H16O/c1-15(2)9-7-12-11-5-3-4-6-13(11)16-14(12)8-10-15/h3-5,7-10,13H,6H2,1-2H3. The molecule has 0 saturated carbocycles. The highest BCUT2D eigenvalue weighted by Crippen LogP contribution is 2.39. The van der Waals surface area contributed by atoms with Gasteiger partial charge in [0.05, 0.1) is 0 Å². The van der Waals surface area contributed by atoms with E-state index < -0.39 is 0 Å². The maximum Gasteiger partial charge on any atom is 0.128 e. The van der Waals surface area contributed by atoms with Crippen molar-refractivity contribution >= 4 is 0 Å². The number of hydrogen-bond donors (Lipinski definition) is 0. The summed E-state index contributed by atoms with van der Waals surface area (Å²) < 4.78 is 5.96. The van der Waals surface area contributed by atoms with E-state index in [0.717, 1.165) is 12.2 Å². The number of fused-ring (bicyclic) bond motifs is 2. The van der Waals surface area contributed by atoms with Crippen LogP contribution in [0, 0.1) is 5.41 Å². The second kappa shape index (κ2) is 3.24. The highest BCUT2D eigenvalue weighted by Gasteiger charge is 2.30. The third-order valence-corrected chi connectivity index (χ3v) is 3.30. The zero-order chi connectivity index (χ0) is 11.2. The highest BCUT2D eigenvalue weighted by atomic mass is 16.5. The first-order valence-corrected chi connectivity index (χ1v) is 5.82. The Kier molecular flexibility index (Phi) is 1.97. The summed E-state index contributed by atoms with van der Waals surface area (Å²) in [5.41, 5.74) is 2.71. The molecular formula is C15H16O. The van der Waals surface area contributed by atoms with Crippen LogP contribution in [-0.2, 0) is 4.74 Å². The molecule has 0 saturated heterocycles. The Labute approximate surface area is 96.5 Å². The average molecular weight is 212 g/mol. The van der Waals surface area contributed by atoms with Crippen LogP contribution in [0.25, 0.3) is 0 Å². The first-order valence-electron chi connectivity index (χ1n) is 5.82. The van der Waals surface area contributed by atoms with Gasteiger partial charge >= 0.3 is 0 Å². The summed E-state index contributed by atoms with van der Waals surface area (Å²) >= 11 is 0. The molecule has 0 fully saturated rings. The van der Waals surface area contributed by atoms with E-state index >= 15 is 0 Å². The van der Waals surface area contributed by atoms with Crippen molar-refractivity contribution in [2.75, 3.05) is 0 Å². The van der Waals surface area contributed by atoms with Crippen LogP contribution in [0.1, 0.15) is 20.3 Å². The van der Waals surface area contributed by atoms with E-state index in [-0.39, 0.29) is 11.5 Å². The summed E-state index contributed by atoms with van der Waals surface area (Å²) in [5.74, 6) is 1.03. The molecule has 0 bridgehead atoms. The topological polar surface area (TPSA) is 9.23 Å². The van der Waals surface area contributed by atoms with Gasteiger partial charge in [0.2, 0.25) is 0 Å². The van der Waals surface area contributed by atoms with Crippen molar-refractivity contribution in [2.24, 2.45) is 5.41 Å². The maximum absolute atomic E-state index is 5.96. The smallest absolute Gasteiger partial charge is 0.128 e. The SMILES string of the molecule is CC1(C)C=CC2=C(C=C1)C1=CC=CCC1O2.